The average molecular weight is 946 g/mol. The SMILES string of the molecule is CC/C=C\C/C=C\C/C=C\C/C=C\CCC(=O)OC(COC(=O)CCCCCCCCCCCCCCCCCCC/C=C\C/C=C\CCCCCCC)COP(=O)([O-])OCC[N+](C)(C)C. The third kappa shape index (κ3) is 50.9. The van der Waals surface area contributed by atoms with Crippen molar-refractivity contribution in [1.29, 1.82) is 0 Å². The molecule has 382 valence electrons. The number of likely N-dealkylation sites (N-methyl/N-ethyl adjacent to an activating group) is 1. The van der Waals surface area contributed by atoms with E-state index < -0.39 is 32.5 Å². The van der Waals surface area contributed by atoms with Crippen molar-refractivity contribution in [2.45, 2.75) is 225 Å². The minimum atomic E-state index is -4.65. The number of nitrogens with zero attached hydrogens (tertiary/aromatic N) is 1. The van der Waals surface area contributed by atoms with Crippen LogP contribution >= 0.6 is 7.82 Å². The molecule has 0 radical (unpaired) electrons. The molecule has 0 saturated carbocycles. The Hall–Kier alpha value is -2.55. The van der Waals surface area contributed by atoms with Crippen LogP contribution in [-0.4, -0.2) is 70.0 Å². The minimum absolute atomic E-state index is 0.0455. The number of phosphoric acid groups is 1. The first-order chi connectivity index (χ1) is 32.0. The fraction of sp³-hybridized carbons (Fsp3) is 0.750. The smallest absolute Gasteiger partial charge is 0.306 e. The first-order valence-corrected chi connectivity index (χ1v) is 28.1. The van der Waals surface area contributed by atoms with Crippen molar-refractivity contribution in [3.63, 3.8) is 0 Å². The molecule has 10 heteroatoms. The molecule has 9 nitrogen and oxygen atoms in total. The van der Waals surface area contributed by atoms with Crippen molar-refractivity contribution in [2.75, 3.05) is 47.5 Å². The van der Waals surface area contributed by atoms with E-state index in [-0.39, 0.29) is 26.1 Å². The predicted octanol–water partition coefficient (Wildman–Crippen LogP) is 15.5. The number of unbranched alkanes of at least 4 members (excludes halogenated alkanes) is 22. The van der Waals surface area contributed by atoms with Gasteiger partial charge in [0.05, 0.1) is 27.7 Å². The molecule has 0 spiro atoms. The van der Waals surface area contributed by atoms with E-state index in [1.807, 2.05) is 33.3 Å². The molecule has 0 aromatic carbocycles. The van der Waals surface area contributed by atoms with Crippen LogP contribution in [0.4, 0.5) is 0 Å². The van der Waals surface area contributed by atoms with Crippen molar-refractivity contribution >= 4 is 19.8 Å². The fourth-order valence-electron chi connectivity index (χ4n) is 7.11. The zero-order valence-corrected chi connectivity index (χ0v) is 44.0. The van der Waals surface area contributed by atoms with Gasteiger partial charge in [-0.25, -0.2) is 0 Å². The number of hydrogen-bond donors (Lipinski definition) is 0. The number of carbonyl (C=O) groups excluding carboxylic acids is 2. The van der Waals surface area contributed by atoms with Gasteiger partial charge >= 0.3 is 11.9 Å². The van der Waals surface area contributed by atoms with E-state index in [2.05, 4.69) is 74.6 Å². The molecular weight excluding hydrogens is 846 g/mol. The number of phosphoric ester groups is 1. The van der Waals surface area contributed by atoms with Crippen LogP contribution in [0.5, 0.6) is 0 Å². The average Bonchev–Trinajstić information content (AvgIpc) is 3.27. The van der Waals surface area contributed by atoms with E-state index in [0.29, 0.717) is 17.4 Å². The van der Waals surface area contributed by atoms with Crippen molar-refractivity contribution in [1.82, 2.24) is 0 Å². The molecule has 0 aromatic heterocycles. The van der Waals surface area contributed by atoms with E-state index >= 15 is 0 Å². The maximum Gasteiger partial charge on any atom is 0.306 e. The molecule has 0 aliphatic carbocycles. The highest BCUT2D eigenvalue weighted by molar-refractivity contribution is 7.45. The summed E-state index contributed by atoms with van der Waals surface area (Å²) in [5.41, 5.74) is 0. The minimum Gasteiger partial charge on any atom is -0.756 e. The second kappa shape index (κ2) is 47.5. The molecule has 66 heavy (non-hydrogen) atoms. The van der Waals surface area contributed by atoms with Gasteiger partial charge in [-0.2, -0.15) is 0 Å². The molecular formula is C56H100NO8P. The van der Waals surface area contributed by atoms with Gasteiger partial charge < -0.3 is 27.9 Å². The summed E-state index contributed by atoms with van der Waals surface area (Å²) in [6.07, 6.45) is 61.2. The number of esters is 2. The third-order valence-electron chi connectivity index (χ3n) is 11.2. The summed E-state index contributed by atoms with van der Waals surface area (Å²) in [7, 11) is 1.12. The fourth-order valence-corrected chi connectivity index (χ4v) is 7.84. The lowest BCUT2D eigenvalue weighted by molar-refractivity contribution is -0.870. The molecule has 0 aliphatic rings. The number of rotatable bonds is 48. The summed E-state index contributed by atoms with van der Waals surface area (Å²) in [4.78, 5) is 37.6. The Morgan fingerprint density at radius 2 is 0.894 bits per heavy atom. The Bertz CT molecular complexity index is 1350. The molecule has 0 rings (SSSR count). The first-order valence-electron chi connectivity index (χ1n) is 26.6. The van der Waals surface area contributed by atoms with Gasteiger partial charge in [0.25, 0.3) is 7.82 Å². The van der Waals surface area contributed by atoms with E-state index in [9.17, 15) is 19.0 Å². The Morgan fingerprint density at radius 1 is 0.485 bits per heavy atom. The third-order valence-corrected chi connectivity index (χ3v) is 12.2. The van der Waals surface area contributed by atoms with E-state index in [1.165, 1.54) is 135 Å². The van der Waals surface area contributed by atoms with Crippen molar-refractivity contribution in [3.8, 4) is 0 Å². The number of hydrogen-bond acceptors (Lipinski definition) is 8. The van der Waals surface area contributed by atoms with Crippen LogP contribution in [0, 0.1) is 0 Å². The largest absolute Gasteiger partial charge is 0.756 e. The standard InChI is InChI=1S/C56H100NO8P/c1-6-8-10-12-14-16-18-20-21-22-23-24-25-26-27-28-29-30-31-32-33-34-35-37-38-40-42-44-46-48-55(58)62-52-54(53-64-66(60,61)63-51-50-57(3,4)5)65-56(59)49-47-45-43-41-39-36-19-17-15-13-11-9-7-2/h9,11,15,17-18,20,22-23,36,39,43,45,54H,6-8,10,12-14,16,19,21,24-35,37-38,40-42,44,46-53H2,1-5H3/b11-9-,17-15-,20-18-,23-22-,39-36-,45-43-. The number of allylic oxidation sites excluding steroid dienone is 12. The van der Waals surface area contributed by atoms with Gasteiger partial charge in [-0.05, 0) is 70.6 Å². The van der Waals surface area contributed by atoms with Crippen molar-refractivity contribution < 1.29 is 42.1 Å². The summed E-state index contributed by atoms with van der Waals surface area (Å²) in [6.45, 7) is 4.02. The van der Waals surface area contributed by atoms with Crippen LogP contribution < -0.4 is 4.89 Å². The van der Waals surface area contributed by atoms with Gasteiger partial charge in [0.2, 0.25) is 0 Å². The molecule has 2 unspecified atom stereocenters. The van der Waals surface area contributed by atoms with Gasteiger partial charge in [-0.1, -0.05) is 209 Å². The normalized spacial score (nSPS) is 14.0. The van der Waals surface area contributed by atoms with Gasteiger partial charge in [-0.15, -0.1) is 0 Å². The summed E-state index contributed by atoms with van der Waals surface area (Å²) >= 11 is 0. The lowest BCUT2D eigenvalue weighted by atomic mass is 10.0. The molecule has 2 atom stereocenters. The number of quaternary nitrogens is 1. The molecule has 0 fully saturated rings. The maximum atomic E-state index is 12.7. The second-order valence-corrected chi connectivity index (χ2v) is 20.3. The molecule has 0 amide bonds. The highest BCUT2D eigenvalue weighted by atomic mass is 31.2. The topological polar surface area (TPSA) is 111 Å². The molecule has 0 aromatic rings. The monoisotopic (exact) mass is 946 g/mol. The Morgan fingerprint density at radius 3 is 1.35 bits per heavy atom. The lowest BCUT2D eigenvalue weighted by Gasteiger charge is -2.28. The van der Waals surface area contributed by atoms with Crippen LogP contribution in [0.3, 0.4) is 0 Å². The van der Waals surface area contributed by atoms with Crippen LogP contribution in [0.25, 0.3) is 0 Å². The quantitative estimate of drug-likeness (QED) is 0.0195. The number of ether oxygens (including phenoxy) is 2. The Balaban J connectivity index is 4.11. The molecule has 0 heterocycles. The van der Waals surface area contributed by atoms with Crippen LogP contribution in [0.15, 0.2) is 72.9 Å². The molecule has 0 bridgehead atoms. The molecule has 0 N–H and O–H groups in total. The van der Waals surface area contributed by atoms with E-state index in [4.69, 9.17) is 18.5 Å². The Kier molecular flexibility index (Phi) is 45.7. The Labute approximate surface area is 406 Å². The molecule has 0 saturated heterocycles. The zero-order chi connectivity index (χ0) is 48.5. The first kappa shape index (κ1) is 63.5. The zero-order valence-electron chi connectivity index (χ0n) is 43.1. The lowest BCUT2D eigenvalue weighted by Crippen LogP contribution is -2.37. The van der Waals surface area contributed by atoms with E-state index in [0.717, 1.165) is 51.4 Å². The highest BCUT2D eigenvalue weighted by Crippen LogP contribution is 2.38. The van der Waals surface area contributed by atoms with Gasteiger partial charge in [0, 0.05) is 12.8 Å². The summed E-state index contributed by atoms with van der Waals surface area (Å²) < 4.78 is 33.9. The van der Waals surface area contributed by atoms with E-state index in [1.54, 1.807) is 0 Å². The van der Waals surface area contributed by atoms with Crippen LogP contribution in [0.2, 0.25) is 0 Å². The van der Waals surface area contributed by atoms with Gasteiger partial charge in [-0.3, -0.25) is 14.2 Å². The summed E-state index contributed by atoms with van der Waals surface area (Å²) in [5, 5.41) is 0. The van der Waals surface area contributed by atoms with Crippen molar-refractivity contribution in [2.24, 2.45) is 0 Å². The maximum absolute atomic E-state index is 12.7. The summed E-state index contributed by atoms with van der Waals surface area (Å²) in [5.74, 6) is -0.928. The van der Waals surface area contributed by atoms with Gasteiger partial charge in [0.1, 0.15) is 19.8 Å². The predicted molar refractivity (Wildman–Crippen MR) is 277 cm³/mol. The highest BCUT2D eigenvalue weighted by Gasteiger charge is 2.21. The van der Waals surface area contributed by atoms with Crippen molar-refractivity contribution in [3.05, 3.63) is 72.9 Å². The molecule has 0 aliphatic heterocycles. The summed E-state index contributed by atoms with van der Waals surface area (Å²) in [6, 6.07) is 0. The van der Waals surface area contributed by atoms with Gasteiger partial charge in [0.15, 0.2) is 6.10 Å². The van der Waals surface area contributed by atoms with Crippen LogP contribution in [0.1, 0.15) is 219 Å². The number of carbonyl (C=O) groups is 2. The van der Waals surface area contributed by atoms with Crippen LogP contribution in [-0.2, 0) is 32.7 Å². The second-order valence-electron chi connectivity index (χ2n) is 18.9.